The van der Waals surface area contributed by atoms with Crippen molar-refractivity contribution in [3.63, 3.8) is 0 Å². The molecule has 1 amide bonds. The number of aromatic nitrogens is 3. The Hall–Kier alpha value is -2.54. The summed E-state index contributed by atoms with van der Waals surface area (Å²) in [7, 11) is 0. The van der Waals surface area contributed by atoms with Crippen LogP contribution in [0.2, 0.25) is 0 Å². The number of furan rings is 1. The highest BCUT2D eigenvalue weighted by Crippen LogP contribution is 2.39. The van der Waals surface area contributed by atoms with Gasteiger partial charge in [-0.2, -0.15) is 0 Å². The minimum absolute atomic E-state index is 0.0607. The van der Waals surface area contributed by atoms with Crippen molar-refractivity contribution in [2.45, 2.75) is 36.9 Å². The molecule has 2 heterocycles. The van der Waals surface area contributed by atoms with E-state index in [0.717, 1.165) is 35.3 Å². The summed E-state index contributed by atoms with van der Waals surface area (Å²) >= 11 is 1.40. The summed E-state index contributed by atoms with van der Waals surface area (Å²) in [4.78, 5) is 17.0. The van der Waals surface area contributed by atoms with Crippen molar-refractivity contribution < 1.29 is 9.21 Å². The molecule has 1 aromatic carbocycles. The second-order valence-electron chi connectivity index (χ2n) is 6.37. The molecule has 1 saturated carbocycles. The molecule has 3 aromatic rings. The van der Waals surface area contributed by atoms with Gasteiger partial charge in [-0.1, -0.05) is 30.0 Å². The zero-order chi connectivity index (χ0) is 17.9. The third kappa shape index (κ3) is 3.83. The molecule has 6 nitrogen and oxygen atoms in total. The molecule has 1 fully saturated rings. The first kappa shape index (κ1) is 16.9. The van der Waals surface area contributed by atoms with Crippen molar-refractivity contribution in [2.75, 3.05) is 5.75 Å². The Morgan fingerprint density at radius 1 is 1.31 bits per heavy atom. The summed E-state index contributed by atoms with van der Waals surface area (Å²) in [6, 6.07) is 13.4. The van der Waals surface area contributed by atoms with E-state index in [9.17, 15) is 4.79 Å². The fraction of sp³-hybridized carbons (Fsp3) is 0.316. The van der Waals surface area contributed by atoms with Crippen LogP contribution in [0, 0.1) is 0 Å². The van der Waals surface area contributed by atoms with Crippen LogP contribution in [-0.2, 0) is 4.79 Å². The summed E-state index contributed by atoms with van der Waals surface area (Å²) in [5.74, 6) is 2.30. The van der Waals surface area contributed by atoms with Gasteiger partial charge in [0.2, 0.25) is 5.91 Å². The summed E-state index contributed by atoms with van der Waals surface area (Å²) < 4.78 is 7.16. The van der Waals surface area contributed by atoms with Gasteiger partial charge >= 0.3 is 0 Å². The number of thioether (sulfide) groups is 1. The Kier molecular flexibility index (Phi) is 4.79. The maximum atomic E-state index is 12.3. The molecule has 1 atom stereocenters. The monoisotopic (exact) mass is 368 g/mol. The van der Waals surface area contributed by atoms with E-state index in [2.05, 4.69) is 15.4 Å². The molecule has 134 valence electrons. The fourth-order valence-electron chi connectivity index (χ4n) is 2.68. The van der Waals surface area contributed by atoms with Crippen LogP contribution in [0.25, 0.3) is 5.69 Å². The molecule has 0 spiro atoms. The summed E-state index contributed by atoms with van der Waals surface area (Å²) in [5, 5.41) is 8.35. The van der Waals surface area contributed by atoms with Gasteiger partial charge in [0.25, 0.3) is 0 Å². The van der Waals surface area contributed by atoms with Crippen LogP contribution in [0.3, 0.4) is 0 Å². The zero-order valence-electron chi connectivity index (χ0n) is 14.5. The number of nitrogens with zero attached hydrogens (tertiary/aromatic N) is 3. The quantitative estimate of drug-likeness (QED) is 0.644. The van der Waals surface area contributed by atoms with Crippen LogP contribution in [-0.4, -0.2) is 26.4 Å². The van der Waals surface area contributed by atoms with Gasteiger partial charge in [-0.3, -0.25) is 4.79 Å². The number of hydrogen-bond donors (Lipinski definition) is 1. The average Bonchev–Trinajstić information content (AvgIpc) is 3.20. The molecule has 7 heteroatoms. The van der Waals surface area contributed by atoms with E-state index in [1.807, 2.05) is 54.1 Å². The third-order valence-corrected chi connectivity index (χ3v) is 5.15. The lowest BCUT2D eigenvalue weighted by atomic mass is 10.2. The fourth-order valence-corrected chi connectivity index (χ4v) is 3.45. The molecule has 0 bridgehead atoms. The lowest BCUT2D eigenvalue weighted by molar-refractivity contribution is -0.119. The predicted molar refractivity (Wildman–Crippen MR) is 99.3 cm³/mol. The topological polar surface area (TPSA) is 73.0 Å². The standard InChI is InChI=1S/C19H20N4O2S/c1-13(16-8-5-11-25-16)20-17(24)12-26-19-21-18(14-9-10-14)22-23(19)15-6-3-2-4-7-15/h2-8,11,13-14H,9-10,12H2,1H3,(H,20,24)/t13-/m0/s1. The van der Waals surface area contributed by atoms with Crippen molar-refractivity contribution >= 4 is 17.7 Å². The van der Waals surface area contributed by atoms with Crippen LogP contribution in [0.5, 0.6) is 0 Å². The normalized spacial score (nSPS) is 15.0. The van der Waals surface area contributed by atoms with Crippen molar-refractivity contribution in [1.82, 2.24) is 20.1 Å². The number of para-hydroxylation sites is 1. The highest BCUT2D eigenvalue weighted by atomic mass is 32.2. The van der Waals surface area contributed by atoms with E-state index >= 15 is 0 Å². The summed E-state index contributed by atoms with van der Waals surface area (Å²) in [5.41, 5.74) is 0.957. The Balaban J connectivity index is 1.45. The molecule has 2 aromatic heterocycles. The maximum Gasteiger partial charge on any atom is 0.231 e. The van der Waals surface area contributed by atoms with E-state index in [0.29, 0.717) is 5.92 Å². The molecule has 1 N–H and O–H groups in total. The van der Waals surface area contributed by atoms with Crippen LogP contribution in [0.4, 0.5) is 0 Å². The molecular weight excluding hydrogens is 348 g/mol. The van der Waals surface area contributed by atoms with Gasteiger partial charge < -0.3 is 9.73 Å². The minimum atomic E-state index is -0.160. The van der Waals surface area contributed by atoms with Gasteiger partial charge in [-0.05, 0) is 44.0 Å². The second-order valence-corrected chi connectivity index (χ2v) is 7.31. The molecule has 4 rings (SSSR count). The first-order valence-electron chi connectivity index (χ1n) is 8.68. The Morgan fingerprint density at radius 3 is 2.81 bits per heavy atom. The third-order valence-electron chi connectivity index (χ3n) is 4.22. The van der Waals surface area contributed by atoms with Crippen LogP contribution in [0.15, 0.2) is 58.3 Å². The van der Waals surface area contributed by atoms with Gasteiger partial charge in [-0.15, -0.1) is 5.10 Å². The number of hydrogen-bond acceptors (Lipinski definition) is 5. The van der Waals surface area contributed by atoms with Gasteiger partial charge in [0, 0.05) is 5.92 Å². The smallest absolute Gasteiger partial charge is 0.231 e. The van der Waals surface area contributed by atoms with Crippen molar-refractivity contribution in [3.05, 3.63) is 60.3 Å². The molecule has 0 aliphatic heterocycles. The lowest BCUT2D eigenvalue weighted by Crippen LogP contribution is -2.28. The van der Waals surface area contributed by atoms with Crippen molar-refractivity contribution in [2.24, 2.45) is 0 Å². The summed E-state index contributed by atoms with van der Waals surface area (Å²) in [6.07, 6.45) is 3.89. The first-order valence-corrected chi connectivity index (χ1v) is 9.67. The number of benzene rings is 1. The van der Waals surface area contributed by atoms with Crippen LogP contribution >= 0.6 is 11.8 Å². The molecule has 26 heavy (non-hydrogen) atoms. The Bertz CT molecular complexity index is 872. The second kappa shape index (κ2) is 7.37. The number of nitrogens with one attached hydrogen (secondary N) is 1. The Labute approximate surface area is 156 Å². The largest absolute Gasteiger partial charge is 0.467 e. The number of carbonyl (C=O) groups excluding carboxylic acids is 1. The lowest BCUT2D eigenvalue weighted by Gasteiger charge is -2.11. The average molecular weight is 368 g/mol. The number of rotatable bonds is 7. The first-order chi connectivity index (χ1) is 12.7. The van der Waals surface area contributed by atoms with E-state index in [4.69, 9.17) is 4.42 Å². The highest BCUT2D eigenvalue weighted by molar-refractivity contribution is 7.99. The van der Waals surface area contributed by atoms with Crippen molar-refractivity contribution in [3.8, 4) is 5.69 Å². The molecule has 1 aliphatic rings. The van der Waals surface area contributed by atoms with Gasteiger partial charge in [0.05, 0.1) is 23.7 Å². The van der Waals surface area contributed by atoms with Crippen LogP contribution < -0.4 is 5.32 Å². The van der Waals surface area contributed by atoms with Gasteiger partial charge in [0.1, 0.15) is 5.76 Å². The molecular formula is C19H20N4O2S. The van der Waals surface area contributed by atoms with Crippen molar-refractivity contribution in [1.29, 1.82) is 0 Å². The number of carbonyl (C=O) groups is 1. The zero-order valence-corrected chi connectivity index (χ0v) is 15.3. The molecule has 0 saturated heterocycles. The van der Waals surface area contributed by atoms with E-state index in [1.54, 1.807) is 6.26 Å². The predicted octanol–water partition coefficient (Wildman–Crippen LogP) is 3.71. The minimum Gasteiger partial charge on any atom is -0.467 e. The Morgan fingerprint density at radius 2 is 2.12 bits per heavy atom. The van der Waals surface area contributed by atoms with Gasteiger partial charge in [-0.25, -0.2) is 9.67 Å². The summed E-state index contributed by atoms with van der Waals surface area (Å²) in [6.45, 7) is 1.90. The van der Waals surface area contributed by atoms with E-state index in [1.165, 1.54) is 11.8 Å². The van der Waals surface area contributed by atoms with Gasteiger partial charge in [0.15, 0.2) is 11.0 Å². The number of amides is 1. The van der Waals surface area contributed by atoms with E-state index < -0.39 is 0 Å². The maximum absolute atomic E-state index is 12.3. The molecule has 1 aliphatic carbocycles. The SMILES string of the molecule is C[C@H](NC(=O)CSc1nc(C2CC2)nn1-c1ccccc1)c1ccco1. The molecule has 0 radical (unpaired) electrons. The van der Waals surface area contributed by atoms with Crippen LogP contribution in [0.1, 0.15) is 43.3 Å². The highest BCUT2D eigenvalue weighted by Gasteiger charge is 2.29. The van der Waals surface area contributed by atoms with E-state index in [-0.39, 0.29) is 17.7 Å². The molecule has 0 unspecified atom stereocenters.